The highest BCUT2D eigenvalue weighted by Crippen LogP contribution is 2.37. The van der Waals surface area contributed by atoms with Gasteiger partial charge in [-0.25, -0.2) is 9.98 Å². The number of aromatic amines is 1. The van der Waals surface area contributed by atoms with E-state index in [0.717, 1.165) is 69.0 Å². The Hall–Kier alpha value is -1.94. The second kappa shape index (κ2) is 28.5. The van der Waals surface area contributed by atoms with Gasteiger partial charge in [0.2, 0.25) is 5.12 Å². The number of nitrogen functional groups attached to an aromatic ring is 1. The van der Waals surface area contributed by atoms with Gasteiger partial charge in [-0.05, 0) is 111 Å². The highest BCUT2D eigenvalue weighted by atomic mass is 33.1. The van der Waals surface area contributed by atoms with E-state index in [-0.39, 0.29) is 25.3 Å². The molecule has 1 atom stereocenters. The highest BCUT2D eigenvalue weighted by Gasteiger charge is 2.28. The molecule has 0 saturated heterocycles. The monoisotopic (exact) mass is 1030 g/mol. The van der Waals surface area contributed by atoms with Crippen LogP contribution in [0.25, 0.3) is 0 Å². The van der Waals surface area contributed by atoms with Gasteiger partial charge < -0.3 is 26.0 Å². The summed E-state index contributed by atoms with van der Waals surface area (Å²) >= 11 is 15.9. The Labute approximate surface area is 374 Å². The topological polar surface area (TPSA) is 231 Å². The third kappa shape index (κ3) is 22.9. The fourth-order valence-electron chi connectivity index (χ4n) is 2.58. The quantitative estimate of drug-likeness (QED) is 0.0681. The van der Waals surface area contributed by atoms with Crippen LogP contribution in [0.2, 0.25) is 0 Å². The Balaban J connectivity index is 0.000000340. The molecule has 5 heterocycles. The number of ether oxygens (including phenoxy) is 1. The molecule has 5 N–H and O–H groups in total. The summed E-state index contributed by atoms with van der Waals surface area (Å²) in [5, 5.41) is 6.16. The molecule has 2 aliphatic heterocycles. The summed E-state index contributed by atoms with van der Waals surface area (Å²) in [6, 6.07) is 6.91. The van der Waals surface area contributed by atoms with Crippen molar-refractivity contribution in [3.63, 3.8) is 0 Å². The molecular weight excluding hydrogens is 999 g/mol. The number of rotatable bonds is 3. The number of aliphatic imine (C=N–C) groups is 2. The van der Waals surface area contributed by atoms with E-state index >= 15 is 0 Å². The minimum atomic E-state index is -2.39. The van der Waals surface area contributed by atoms with Gasteiger partial charge >= 0.3 is 9.75 Å². The van der Waals surface area contributed by atoms with Crippen molar-refractivity contribution in [2.45, 2.75) is 11.8 Å². The maximum Gasteiger partial charge on any atom is 0.318 e. The zero-order valence-corrected chi connectivity index (χ0v) is 40.8. The first-order chi connectivity index (χ1) is 26.4. The number of nitrogens with zero attached hydrogens (tertiary/aromatic N) is 5. The first kappa shape index (κ1) is 52.1. The number of hydrogen-bond acceptors (Lipinski definition) is 24. The average Bonchev–Trinajstić information content (AvgIpc) is 3.99. The summed E-state index contributed by atoms with van der Waals surface area (Å²) in [5.74, 6) is 4.33. The van der Waals surface area contributed by atoms with Gasteiger partial charge in [-0.15, -0.1) is 0 Å². The van der Waals surface area contributed by atoms with Gasteiger partial charge in [0, 0.05) is 66.1 Å². The third-order valence-corrected chi connectivity index (χ3v) is 18.0. The van der Waals surface area contributed by atoms with Crippen LogP contribution in [0.3, 0.4) is 0 Å². The van der Waals surface area contributed by atoms with Crippen molar-refractivity contribution in [2.75, 3.05) is 46.3 Å². The number of nitrogens with one attached hydrogen (secondary N) is 3. The number of aromatic nitrogens is 3. The van der Waals surface area contributed by atoms with Crippen molar-refractivity contribution in [1.82, 2.24) is 30.5 Å². The summed E-state index contributed by atoms with van der Waals surface area (Å²) in [5.41, 5.74) is 5.77. The van der Waals surface area contributed by atoms with Gasteiger partial charge in [0.1, 0.15) is 4.99 Å². The number of thiocarbonyl (C=S) groups is 1. The molecule has 30 heteroatoms. The van der Waals surface area contributed by atoms with Crippen molar-refractivity contribution in [3.8, 4) is 5.19 Å². The maximum atomic E-state index is 11.6. The molecule has 0 saturated carbocycles. The summed E-state index contributed by atoms with van der Waals surface area (Å²) in [6.45, 7) is 2.59. The Bertz CT molecular complexity index is 2250. The number of carbonyl (C=O) groups is 3. The van der Waals surface area contributed by atoms with Crippen molar-refractivity contribution in [1.29, 1.82) is 0 Å². The zero-order chi connectivity index (χ0) is 42.3. The average molecular weight is 1030 g/mol. The van der Waals surface area contributed by atoms with E-state index in [2.05, 4.69) is 53.7 Å². The molecular formula is C26H31N9O7S14. The molecule has 4 aromatic rings. The lowest BCUT2D eigenvalue weighted by molar-refractivity contribution is 0.108. The van der Waals surface area contributed by atoms with Crippen LogP contribution in [-0.2, 0) is 8.55 Å². The van der Waals surface area contributed by atoms with Crippen molar-refractivity contribution >= 4 is 194 Å². The molecule has 0 bridgehead atoms. The highest BCUT2D eigenvalue weighted by molar-refractivity contribution is 8.87. The van der Waals surface area contributed by atoms with Crippen molar-refractivity contribution in [2.24, 2.45) is 9.98 Å². The lowest BCUT2D eigenvalue weighted by atomic mass is 10.2. The number of thioether (sulfide) groups is 1. The second-order valence-electron chi connectivity index (χ2n) is 9.00. The van der Waals surface area contributed by atoms with Gasteiger partial charge in [-0.1, -0.05) is 36.1 Å². The molecule has 2 amide bonds. The summed E-state index contributed by atoms with van der Waals surface area (Å²) in [4.78, 5) is 72.8. The van der Waals surface area contributed by atoms with E-state index in [9.17, 15) is 28.2 Å². The summed E-state index contributed by atoms with van der Waals surface area (Å²) < 4.78 is 18.0. The van der Waals surface area contributed by atoms with Crippen LogP contribution in [0.5, 0.6) is 5.19 Å². The molecule has 0 spiro atoms. The first-order valence-electron chi connectivity index (χ1n) is 14.4. The van der Waals surface area contributed by atoms with Gasteiger partial charge in [0.15, 0.2) is 18.2 Å². The molecule has 306 valence electrons. The van der Waals surface area contributed by atoms with E-state index in [1.54, 1.807) is 42.4 Å². The lowest BCUT2D eigenvalue weighted by Crippen LogP contribution is -2.13. The predicted octanol–water partition coefficient (Wildman–Crippen LogP) is 7.32. The zero-order valence-electron chi connectivity index (χ0n) is 29.4. The lowest BCUT2D eigenvalue weighted by Gasteiger charge is -2.00. The number of fused-ring (bicyclic) bond motifs is 1. The van der Waals surface area contributed by atoms with Crippen LogP contribution in [0.1, 0.15) is 17.3 Å². The van der Waals surface area contributed by atoms with Gasteiger partial charge in [-0.3, -0.25) is 33.2 Å². The largest absolute Gasteiger partial charge is 0.470 e. The Morgan fingerprint density at radius 3 is 1.95 bits per heavy atom. The molecule has 1 unspecified atom stereocenters. The van der Waals surface area contributed by atoms with Crippen molar-refractivity contribution in [3.05, 3.63) is 57.1 Å². The van der Waals surface area contributed by atoms with Crippen LogP contribution < -0.4 is 30.9 Å². The van der Waals surface area contributed by atoms with Crippen LogP contribution in [0, 0.1) is 7.91 Å². The smallest absolute Gasteiger partial charge is 0.318 e. The van der Waals surface area contributed by atoms with Gasteiger partial charge in [-0.2, -0.15) is 9.97 Å². The van der Waals surface area contributed by atoms with E-state index in [1.165, 1.54) is 55.5 Å². The predicted molar refractivity (Wildman–Crippen MR) is 257 cm³/mol. The van der Waals surface area contributed by atoms with Gasteiger partial charge in [0.05, 0.1) is 32.1 Å². The molecule has 3 aromatic heterocycles. The van der Waals surface area contributed by atoms with Crippen LogP contribution in [0.4, 0.5) is 14.7 Å². The molecule has 56 heavy (non-hydrogen) atoms. The van der Waals surface area contributed by atoms with E-state index < -0.39 is 8.55 Å². The molecule has 0 radical (unpaired) electrons. The maximum absolute atomic E-state index is 11.6. The SMILES string of the molecule is C=S1(=O)SC(=O)c2ccccc21.CCOc1nc(=S)ss1.CN(C)C=NC1=NC(=S)CS1.CNC(=O)SSC(=O)NC.Nc1nc(=S)ss1.O=c1[nH]c(=O)ss1. The van der Waals surface area contributed by atoms with Crippen LogP contribution >= 0.6 is 143 Å². The minimum Gasteiger partial charge on any atom is -0.470 e. The Morgan fingerprint density at radius 2 is 1.57 bits per heavy atom. The number of carbonyl (C=O) groups excluding carboxylic acids is 3. The Kier molecular flexibility index (Phi) is 26.5. The molecule has 16 nitrogen and oxygen atoms in total. The summed E-state index contributed by atoms with van der Waals surface area (Å²) in [6.07, 6.45) is 1.72. The fraction of sp³-hybridized carbons (Fsp3) is 0.269. The molecule has 0 fully saturated rings. The third-order valence-electron chi connectivity index (χ3n) is 4.63. The van der Waals surface area contributed by atoms with E-state index in [1.807, 2.05) is 25.9 Å². The molecule has 6 rings (SSSR count). The standard InChI is InChI=1S/C8H6O2S2.C6H9N3S2.C4H8N2O2S2.C4H5NOS3.C2H2N2S3.C2HNO2S2/c1-12(10)7-5-3-2-4-6(7)8(9)11-12;1-9(2)4-7-6-8-5(10)3-11-6;1-5-3(7)9-10-4(8)6-2;1-2-6-3-5-4(7)9-8-3;3-1-4-2(5)7-6-1;4-1-3-2(5)7-6-1/h2-5H,1H2;4H,3H2,1-2H3;1-2H3,(H,5,7)(H,6,8);2H2,1H3;(H2,3,4,5);(H,3,4,5). The number of H-pyrrole nitrogens is 1. The summed E-state index contributed by atoms with van der Waals surface area (Å²) in [7, 11) is 14.7. The number of anilines is 1. The molecule has 2 aliphatic rings. The number of hydrogen-bond donors (Lipinski definition) is 4. The number of amidine groups is 1. The van der Waals surface area contributed by atoms with E-state index in [0.29, 0.717) is 35.3 Å². The van der Waals surface area contributed by atoms with Crippen molar-refractivity contribution < 1.29 is 23.3 Å². The van der Waals surface area contributed by atoms with E-state index in [4.69, 9.17) is 34.9 Å². The van der Waals surface area contributed by atoms with Gasteiger partial charge in [0.25, 0.3) is 15.7 Å². The minimum absolute atomic E-state index is 0.134. The fourth-order valence-corrected chi connectivity index (χ4v) is 12.6. The second-order valence-corrected chi connectivity index (χ2v) is 24.4. The molecule has 1 aromatic carbocycles. The number of benzene rings is 1. The Morgan fingerprint density at radius 1 is 1.00 bits per heavy atom. The number of nitrogens with two attached hydrogens (primary N) is 1. The van der Waals surface area contributed by atoms with Crippen LogP contribution in [0.15, 0.2) is 48.7 Å². The molecule has 0 aliphatic carbocycles. The first-order valence-corrected chi connectivity index (χ1v) is 28.2. The van der Waals surface area contributed by atoms with Crippen LogP contribution in [-0.4, -0.2) is 103 Å². The number of amides is 2. The normalized spacial score (nSPS) is 14.6.